The van der Waals surface area contributed by atoms with Crippen molar-refractivity contribution in [1.29, 1.82) is 0 Å². The molecule has 0 atom stereocenters. The van der Waals surface area contributed by atoms with Gasteiger partial charge >= 0.3 is 0 Å². The zero-order valence-electron chi connectivity index (χ0n) is 9.83. The molecule has 0 aliphatic carbocycles. The summed E-state index contributed by atoms with van der Waals surface area (Å²) in [4.78, 5) is 0. The maximum absolute atomic E-state index is 5.18. The van der Waals surface area contributed by atoms with Crippen LogP contribution in [-0.2, 0) is 17.9 Å². The van der Waals surface area contributed by atoms with Crippen LogP contribution in [0.15, 0.2) is 24.3 Å². The van der Waals surface area contributed by atoms with Gasteiger partial charge in [-0.3, -0.25) is 0 Å². The van der Waals surface area contributed by atoms with Gasteiger partial charge in [-0.05, 0) is 24.1 Å². The van der Waals surface area contributed by atoms with Crippen molar-refractivity contribution in [3.8, 4) is 12.3 Å². The molecule has 0 unspecified atom stereocenters. The summed E-state index contributed by atoms with van der Waals surface area (Å²) in [6.45, 7) is 2.53. The van der Waals surface area contributed by atoms with Gasteiger partial charge in [-0.15, -0.1) is 12.3 Å². The molecule has 1 aromatic rings. The summed E-state index contributed by atoms with van der Waals surface area (Å²) in [7, 11) is 1.71. The van der Waals surface area contributed by atoms with Crippen LogP contribution >= 0.6 is 0 Å². The van der Waals surface area contributed by atoms with E-state index in [4.69, 9.17) is 11.2 Å². The topological polar surface area (TPSA) is 21.3 Å². The molecule has 0 radical (unpaired) electrons. The summed E-state index contributed by atoms with van der Waals surface area (Å²) < 4.78 is 5.10. The molecule has 0 saturated heterocycles. The monoisotopic (exact) mass is 217 g/mol. The van der Waals surface area contributed by atoms with E-state index in [9.17, 15) is 0 Å². The molecule has 0 amide bonds. The third kappa shape index (κ3) is 4.97. The van der Waals surface area contributed by atoms with Crippen molar-refractivity contribution in [2.75, 3.05) is 13.7 Å². The van der Waals surface area contributed by atoms with Gasteiger partial charge in [-0.1, -0.05) is 24.3 Å². The smallest absolute Gasteiger partial charge is 0.0713 e. The highest BCUT2D eigenvalue weighted by Crippen LogP contribution is 2.06. The van der Waals surface area contributed by atoms with E-state index in [1.807, 2.05) is 0 Å². The van der Waals surface area contributed by atoms with Gasteiger partial charge in [0.2, 0.25) is 0 Å². The second-order valence-corrected chi connectivity index (χ2v) is 3.74. The Morgan fingerprint density at radius 2 is 2.19 bits per heavy atom. The normalized spacial score (nSPS) is 10.0. The third-order valence-corrected chi connectivity index (χ3v) is 2.31. The minimum atomic E-state index is 0.672. The second-order valence-electron chi connectivity index (χ2n) is 3.74. The van der Waals surface area contributed by atoms with Gasteiger partial charge in [0, 0.05) is 20.1 Å². The Morgan fingerprint density at radius 3 is 2.94 bits per heavy atom. The molecular weight excluding hydrogens is 198 g/mol. The molecule has 0 aromatic heterocycles. The summed E-state index contributed by atoms with van der Waals surface area (Å²) in [6.07, 6.45) is 7.06. The zero-order valence-corrected chi connectivity index (χ0v) is 9.83. The van der Waals surface area contributed by atoms with Gasteiger partial charge < -0.3 is 10.1 Å². The molecule has 0 fully saturated rings. The Hall–Kier alpha value is -1.30. The number of terminal acetylenes is 1. The minimum Gasteiger partial charge on any atom is -0.380 e. The molecule has 0 saturated carbocycles. The SMILES string of the molecule is C#CCCCNCc1cccc(COC)c1. The highest BCUT2D eigenvalue weighted by molar-refractivity contribution is 5.22. The Morgan fingerprint density at radius 1 is 1.38 bits per heavy atom. The lowest BCUT2D eigenvalue weighted by Gasteiger charge is -2.06. The first-order chi connectivity index (χ1) is 7.86. The number of hydrogen-bond donors (Lipinski definition) is 1. The Labute approximate surface area is 98.0 Å². The molecule has 1 N–H and O–H groups in total. The van der Waals surface area contributed by atoms with E-state index in [2.05, 4.69) is 35.5 Å². The number of rotatable bonds is 7. The first-order valence-electron chi connectivity index (χ1n) is 5.57. The van der Waals surface area contributed by atoms with Crippen molar-refractivity contribution >= 4 is 0 Å². The van der Waals surface area contributed by atoms with Gasteiger partial charge in [0.15, 0.2) is 0 Å². The van der Waals surface area contributed by atoms with Crippen molar-refractivity contribution < 1.29 is 4.74 Å². The minimum absolute atomic E-state index is 0.672. The molecule has 0 spiro atoms. The van der Waals surface area contributed by atoms with Crippen molar-refractivity contribution in [3.05, 3.63) is 35.4 Å². The standard InChI is InChI=1S/C14H19NO/c1-3-4-5-9-15-11-13-7-6-8-14(10-13)12-16-2/h1,6-8,10,15H,4-5,9,11-12H2,2H3. The van der Waals surface area contributed by atoms with Crippen LogP contribution < -0.4 is 5.32 Å². The van der Waals surface area contributed by atoms with Gasteiger partial charge in [0.25, 0.3) is 0 Å². The fraction of sp³-hybridized carbons (Fsp3) is 0.429. The van der Waals surface area contributed by atoms with Crippen molar-refractivity contribution in [2.45, 2.75) is 26.0 Å². The van der Waals surface area contributed by atoms with E-state index in [-0.39, 0.29) is 0 Å². The zero-order chi connectivity index (χ0) is 11.6. The van der Waals surface area contributed by atoms with Crippen LogP contribution in [0.3, 0.4) is 0 Å². The van der Waals surface area contributed by atoms with E-state index < -0.39 is 0 Å². The maximum atomic E-state index is 5.18. The molecule has 86 valence electrons. The average molecular weight is 217 g/mol. The summed E-state index contributed by atoms with van der Waals surface area (Å²) in [5, 5.41) is 3.37. The molecule has 2 heteroatoms. The predicted molar refractivity (Wildman–Crippen MR) is 66.9 cm³/mol. The van der Waals surface area contributed by atoms with Crippen LogP contribution in [0.4, 0.5) is 0 Å². The van der Waals surface area contributed by atoms with E-state index >= 15 is 0 Å². The molecule has 16 heavy (non-hydrogen) atoms. The number of unbranched alkanes of at least 4 members (excludes halogenated alkanes) is 1. The summed E-state index contributed by atoms with van der Waals surface area (Å²) in [6, 6.07) is 8.42. The van der Waals surface area contributed by atoms with E-state index in [0.29, 0.717) is 6.61 Å². The number of benzene rings is 1. The number of ether oxygens (including phenoxy) is 1. The molecule has 0 bridgehead atoms. The van der Waals surface area contributed by atoms with Crippen LogP contribution in [0.1, 0.15) is 24.0 Å². The second kappa shape index (κ2) is 7.92. The van der Waals surface area contributed by atoms with Gasteiger partial charge in [0.1, 0.15) is 0 Å². The number of nitrogens with one attached hydrogen (secondary N) is 1. The fourth-order valence-electron chi connectivity index (χ4n) is 1.54. The highest BCUT2D eigenvalue weighted by Gasteiger charge is 1.95. The first-order valence-corrected chi connectivity index (χ1v) is 5.57. The van der Waals surface area contributed by atoms with E-state index in [1.165, 1.54) is 11.1 Å². The first kappa shape index (κ1) is 12.8. The molecule has 0 heterocycles. The quantitative estimate of drug-likeness (QED) is 0.559. The van der Waals surface area contributed by atoms with Gasteiger partial charge in [-0.25, -0.2) is 0 Å². The Kier molecular flexibility index (Phi) is 6.32. The van der Waals surface area contributed by atoms with Crippen LogP contribution in [0, 0.1) is 12.3 Å². The van der Waals surface area contributed by atoms with Gasteiger partial charge in [0.05, 0.1) is 6.61 Å². The summed E-state index contributed by atoms with van der Waals surface area (Å²) >= 11 is 0. The Balaban J connectivity index is 2.30. The van der Waals surface area contributed by atoms with Crippen LogP contribution in [-0.4, -0.2) is 13.7 Å². The van der Waals surface area contributed by atoms with Crippen molar-refractivity contribution in [3.63, 3.8) is 0 Å². The average Bonchev–Trinajstić information content (AvgIpc) is 2.30. The van der Waals surface area contributed by atoms with Gasteiger partial charge in [-0.2, -0.15) is 0 Å². The van der Waals surface area contributed by atoms with Crippen LogP contribution in [0.5, 0.6) is 0 Å². The van der Waals surface area contributed by atoms with Crippen LogP contribution in [0.25, 0.3) is 0 Å². The highest BCUT2D eigenvalue weighted by atomic mass is 16.5. The lowest BCUT2D eigenvalue weighted by molar-refractivity contribution is 0.185. The third-order valence-electron chi connectivity index (χ3n) is 2.31. The molecule has 2 nitrogen and oxygen atoms in total. The molecule has 1 rings (SSSR count). The molecular formula is C14H19NO. The Bertz CT molecular complexity index is 341. The van der Waals surface area contributed by atoms with Crippen LogP contribution in [0.2, 0.25) is 0 Å². The largest absolute Gasteiger partial charge is 0.380 e. The predicted octanol–water partition coefficient (Wildman–Crippen LogP) is 2.34. The lowest BCUT2D eigenvalue weighted by atomic mass is 10.1. The number of hydrogen-bond acceptors (Lipinski definition) is 2. The molecule has 0 aliphatic heterocycles. The maximum Gasteiger partial charge on any atom is 0.0713 e. The number of methoxy groups -OCH3 is 1. The molecule has 1 aromatic carbocycles. The molecule has 0 aliphatic rings. The summed E-state index contributed by atoms with van der Waals surface area (Å²) in [5.41, 5.74) is 2.50. The van der Waals surface area contributed by atoms with E-state index in [1.54, 1.807) is 7.11 Å². The van der Waals surface area contributed by atoms with Crippen molar-refractivity contribution in [2.24, 2.45) is 0 Å². The fourth-order valence-corrected chi connectivity index (χ4v) is 1.54. The van der Waals surface area contributed by atoms with Crippen molar-refractivity contribution in [1.82, 2.24) is 5.32 Å². The summed E-state index contributed by atoms with van der Waals surface area (Å²) in [5.74, 6) is 2.64. The van der Waals surface area contributed by atoms with E-state index in [0.717, 1.165) is 25.9 Å². The lowest BCUT2D eigenvalue weighted by Crippen LogP contribution is -2.14.